The predicted molar refractivity (Wildman–Crippen MR) is 96.6 cm³/mol. The van der Waals surface area contributed by atoms with Gasteiger partial charge in [-0.05, 0) is 43.5 Å². The molecule has 4 nitrogen and oxygen atoms in total. The van der Waals surface area contributed by atoms with Crippen molar-refractivity contribution in [1.82, 2.24) is 0 Å². The van der Waals surface area contributed by atoms with E-state index in [1.807, 2.05) is 54.3 Å². The van der Waals surface area contributed by atoms with Crippen molar-refractivity contribution >= 4 is 28.4 Å². The summed E-state index contributed by atoms with van der Waals surface area (Å²) in [5.41, 5.74) is 3.03. The van der Waals surface area contributed by atoms with E-state index in [-0.39, 0.29) is 0 Å². The Labute approximate surface area is 149 Å². The summed E-state index contributed by atoms with van der Waals surface area (Å²) in [7, 11) is 0. The van der Waals surface area contributed by atoms with Crippen LogP contribution in [0.1, 0.15) is 17.7 Å². The number of nitrogens with zero attached hydrogens (tertiary/aromatic N) is 1. The Bertz CT molecular complexity index is 965. The molecular weight excluding hydrogens is 334 g/mol. The topological polar surface area (TPSA) is 48.7 Å². The van der Waals surface area contributed by atoms with Crippen LogP contribution in [0.25, 0.3) is 0 Å². The van der Waals surface area contributed by atoms with Gasteiger partial charge in [-0.3, -0.25) is 4.90 Å². The summed E-state index contributed by atoms with van der Waals surface area (Å²) < 4.78 is 25.0. The number of benzene rings is 2. The van der Waals surface area contributed by atoms with Crippen LogP contribution in [0.5, 0.6) is 5.75 Å². The van der Waals surface area contributed by atoms with Crippen molar-refractivity contribution in [2.75, 3.05) is 11.5 Å². The van der Waals surface area contributed by atoms with Gasteiger partial charge in [0, 0.05) is 17.2 Å². The highest BCUT2D eigenvalue weighted by atomic mass is 32.2. The van der Waals surface area contributed by atoms with Gasteiger partial charge in [-0.15, -0.1) is 0 Å². The maximum absolute atomic E-state index is 13.0. The summed E-state index contributed by atoms with van der Waals surface area (Å²) >= 11 is -1.24. The number of para-hydroxylation sites is 2. The van der Waals surface area contributed by atoms with Gasteiger partial charge in [0.2, 0.25) is 4.90 Å². The first-order valence-corrected chi connectivity index (χ1v) is 9.55. The summed E-state index contributed by atoms with van der Waals surface area (Å²) in [5.74, 6) is 2.27. The van der Waals surface area contributed by atoms with E-state index in [1.165, 1.54) is 5.56 Å². The normalized spacial score (nSPS) is 18.2. The Morgan fingerprint density at radius 3 is 2.80 bits per heavy atom. The van der Waals surface area contributed by atoms with Crippen LogP contribution in [-0.2, 0) is 17.6 Å². The standard InChI is InChI=1S/C20H17NO3S/c1-13-12-18-20(24-13)21(15-8-2-3-10-17(15)25(18)22)16-9-4-6-14-7-5-11-23-19(14)16/h2-4,6,8-10,12H,5,7,11H2,1H3. The van der Waals surface area contributed by atoms with Crippen LogP contribution in [0.15, 0.2) is 62.7 Å². The largest absolute Gasteiger partial charge is 0.606 e. The average Bonchev–Trinajstić information content (AvgIpc) is 3.04. The summed E-state index contributed by atoms with van der Waals surface area (Å²) in [4.78, 5) is 3.55. The molecule has 1 atom stereocenters. The van der Waals surface area contributed by atoms with E-state index >= 15 is 0 Å². The zero-order valence-electron chi connectivity index (χ0n) is 13.8. The molecule has 1 aromatic heterocycles. The molecule has 2 aliphatic heterocycles. The quantitative estimate of drug-likeness (QED) is 0.587. The van der Waals surface area contributed by atoms with Crippen LogP contribution >= 0.6 is 0 Å². The van der Waals surface area contributed by atoms with Gasteiger partial charge in [-0.2, -0.15) is 0 Å². The fourth-order valence-electron chi connectivity index (χ4n) is 3.58. The number of ether oxygens (including phenoxy) is 1. The zero-order chi connectivity index (χ0) is 17.0. The molecule has 1 unspecified atom stereocenters. The lowest BCUT2D eigenvalue weighted by molar-refractivity contribution is 0.289. The van der Waals surface area contributed by atoms with Crippen molar-refractivity contribution in [2.45, 2.75) is 29.6 Å². The number of furan rings is 1. The molecule has 3 aromatic rings. The SMILES string of the molecule is Cc1cc2c(o1)N(c1cccc3c1OCCC3)c1ccccc1[S+]2[O-]. The van der Waals surface area contributed by atoms with Crippen molar-refractivity contribution < 1.29 is 13.7 Å². The third-order valence-corrected chi connectivity index (χ3v) is 6.10. The van der Waals surface area contributed by atoms with Crippen LogP contribution in [0.2, 0.25) is 0 Å². The van der Waals surface area contributed by atoms with Crippen LogP contribution in [0.4, 0.5) is 17.3 Å². The van der Waals surface area contributed by atoms with E-state index in [9.17, 15) is 4.55 Å². The van der Waals surface area contributed by atoms with E-state index in [0.29, 0.717) is 10.8 Å². The number of aryl methyl sites for hydroxylation is 2. The smallest absolute Gasteiger partial charge is 0.262 e. The van der Waals surface area contributed by atoms with Gasteiger partial charge in [0.15, 0.2) is 4.90 Å². The molecule has 5 heteroatoms. The molecule has 5 rings (SSSR count). The summed E-state index contributed by atoms with van der Waals surface area (Å²) in [5, 5.41) is 0. The first-order valence-electron chi connectivity index (χ1n) is 8.40. The highest BCUT2D eigenvalue weighted by molar-refractivity contribution is 7.92. The van der Waals surface area contributed by atoms with Gasteiger partial charge >= 0.3 is 0 Å². The van der Waals surface area contributed by atoms with Crippen molar-refractivity contribution in [3.8, 4) is 5.75 Å². The Hall–Kier alpha value is -2.37. The van der Waals surface area contributed by atoms with Gasteiger partial charge in [-0.1, -0.05) is 24.3 Å². The van der Waals surface area contributed by atoms with Gasteiger partial charge in [0.05, 0.1) is 12.3 Å². The lowest BCUT2D eigenvalue weighted by atomic mass is 10.0. The Morgan fingerprint density at radius 1 is 1.04 bits per heavy atom. The minimum absolute atomic E-state index is 0.622. The van der Waals surface area contributed by atoms with Gasteiger partial charge in [0.1, 0.15) is 17.2 Å². The first kappa shape index (κ1) is 14.9. The minimum atomic E-state index is -1.24. The Kier molecular flexibility index (Phi) is 3.33. The highest BCUT2D eigenvalue weighted by Gasteiger charge is 2.39. The molecule has 0 radical (unpaired) electrons. The molecule has 2 aromatic carbocycles. The number of fused-ring (bicyclic) bond motifs is 3. The number of rotatable bonds is 1. The number of anilines is 3. The molecule has 3 heterocycles. The molecule has 0 saturated carbocycles. The first-order chi connectivity index (χ1) is 12.2. The fourth-order valence-corrected chi connectivity index (χ4v) is 4.93. The van der Waals surface area contributed by atoms with Gasteiger partial charge < -0.3 is 13.7 Å². The fraction of sp³-hybridized carbons (Fsp3) is 0.200. The van der Waals surface area contributed by atoms with E-state index < -0.39 is 11.2 Å². The summed E-state index contributed by atoms with van der Waals surface area (Å²) in [6, 6.07) is 15.8. The monoisotopic (exact) mass is 351 g/mol. The van der Waals surface area contributed by atoms with Crippen LogP contribution in [0, 0.1) is 6.92 Å². The van der Waals surface area contributed by atoms with Crippen LogP contribution < -0.4 is 9.64 Å². The van der Waals surface area contributed by atoms with Gasteiger partial charge in [0.25, 0.3) is 5.88 Å². The third-order valence-electron chi connectivity index (χ3n) is 4.67. The predicted octanol–water partition coefficient (Wildman–Crippen LogP) is 4.86. The number of hydrogen-bond donors (Lipinski definition) is 0. The van der Waals surface area contributed by atoms with E-state index in [4.69, 9.17) is 9.15 Å². The molecule has 0 fully saturated rings. The third kappa shape index (κ3) is 2.19. The second-order valence-electron chi connectivity index (χ2n) is 6.32. The molecule has 0 N–H and O–H groups in total. The molecule has 0 bridgehead atoms. The highest BCUT2D eigenvalue weighted by Crippen LogP contribution is 2.52. The molecule has 0 spiro atoms. The lowest BCUT2D eigenvalue weighted by Gasteiger charge is -2.32. The van der Waals surface area contributed by atoms with Crippen molar-refractivity contribution in [1.29, 1.82) is 0 Å². The maximum atomic E-state index is 13.0. The molecule has 0 aliphatic carbocycles. The number of hydrogen-bond acceptors (Lipinski definition) is 4. The van der Waals surface area contributed by atoms with Crippen molar-refractivity contribution in [3.05, 3.63) is 59.9 Å². The maximum Gasteiger partial charge on any atom is 0.262 e. The molecule has 25 heavy (non-hydrogen) atoms. The summed E-state index contributed by atoms with van der Waals surface area (Å²) in [6.45, 7) is 2.60. The Balaban J connectivity index is 1.79. The van der Waals surface area contributed by atoms with E-state index in [2.05, 4.69) is 6.07 Å². The van der Waals surface area contributed by atoms with Crippen molar-refractivity contribution in [3.63, 3.8) is 0 Å². The summed E-state index contributed by atoms with van der Waals surface area (Å²) in [6.07, 6.45) is 2.04. The van der Waals surface area contributed by atoms with Gasteiger partial charge in [-0.25, -0.2) is 0 Å². The average molecular weight is 351 g/mol. The van der Waals surface area contributed by atoms with E-state index in [0.717, 1.165) is 47.2 Å². The zero-order valence-corrected chi connectivity index (χ0v) is 14.6. The lowest BCUT2D eigenvalue weighted by Crippen LogP contribution is -2.22. The second-order valence-corrected chi connectivity index (χ2v) is 7.73. The molecule has 0 saturated heterocycles. The van der Waals surface area contributed by atoms with Crippen LogP contribution in [0.3, 0.4) is 0 Å². The molecule has 0 amide bonds. The Morgan fingerprint density at radius 2 is 1.88 bits per heavy atom. The molecule has 126 valence electrons. The second kappa shape index (κ2) is 5.58. The molecular formula is C20H17NO3S. The molecule has 2 aliphatic rings. The minimum Gasteiger partial charge on any atom is -0.606 e. The van der Waals surface area contributed by atoms with Crippen LogP contribution in [-0.4, -0.2) is 11.2 Å². The van der Waals surface area contributed by atoms with E-state index in [1.54, 1.807) is 0 Å². The van der Waals surface area contributed by atoms with Crippen molar-refractivity contribution in [2.24, 2.45) is 0 Å².